The Kier molecular flexibility index (Phi) is 1.68. The van der Waals surface area contributed by atoms with E-state index in [9.17, 15) is 0 Å². The zero-order chi connectivity index (χ0) is 7.72. The van der Waals surface area contributed by atoms with Gasteiger partial charge in [0.1, 0.15) is 5.82 Å². The van der Waals surface area contributed by atoms with Crippen molar-refractivity contribution in [2.75, 3.05) is 5.73 Å². The predicted octanol–water partition coefficient (Wildman–Crippen LogP) is 1.33. The maximum absolute atomic E-state index is 8.97. The lowest BCUT2D eigenvalue weighted by Crippen LogP contribution is -1.93. The van der Waals surface area contributed by atoms with Crippen molar-refractivity contribution in [2.24, 2.45) is 0 Å². The molecule has 0 aliphatic rings. The second kappa shape index (κ2) is 2.34. The summed E-state index contributed by atoms with van der Waals surface area (Å²) >= 11 is 5.44. The van der Waals surface area contributed by atoms with Crippen molar-refractivity contribution in [3.8, 4) is 5.75 Å². The maximum atomic E-state index is 8.97. The first-order valence-electron chi connectivity index (χ1n) is 2.73. The lowest BCUT2D eigenvalue weighted by molar-refractivity contribution is 0.472. The number of anilines is 1. The molecule has 0 saturated carbocycles. The van der Waals surface area contributed by atoms with Crippen LogP contribution in [0.2, 0.25) is 5.15 Å². The first-order chi connectivity index (χ1) is 4.61. The molecule has 54 valence electrons. The molecule has 0 spiro atoms. The summed E-state index contributed by atoms with van der Waals surface area (Å²) in [6.45, 7) is 1.75. The van der Waals surface area contributed by atoms with Gasteiger partial charge in [-0.1, -0.05) is 11.6 Å². The molecule has 0 fully saturated rings. The summed E-state index contributed by atoms with van der Waals surface area (Å²) in [6, 6.07) is 1.48. The van der Waals surface area contributed by atoms with E-state index in [0.29, 0.717) is 5.82 Å². The molecule has 1 aromatic heterocycles. The normalized spacial score (nSPS) is 9.80. The minimum atomic E-state index is -0.0339. The van der Waals surface area contributed by atoms with Gasteiger partial charge in [-0.15, -0.1) is 0 Å². The smallest absolute Gasteiger partial charge is 0.173 e. The molecule has 0 amide bonds. The molecule has 0 atom stereocenters. The number of halogens is 1. The van der Waals surface area contributed by atoms with Crippen molar-refractivity contribution in [3.05, 3.63) is 16.8 Å². The monoisotopic (exact) mass is 158 g/mol. The molecule has 0 radical (unpaired) electrons. The van der Waals surface area contributed by atoms with Gasteiger partial charge in [-0.3, -0.25) is 0 Å². The maximum Gasteiger partial charge on any atom is 0.173 e. The third kappa shape index (κ3) is 1.14. The largest absolute Gasteiger partial charge is 0.505 e. The number of rotatable bonds is 0. The van der Waals surface area contributed by atoms with E-state index < -0.39 is 0 Å². The van der Waals surface area contributed by atoms with E-state index in [2.05, 4.69) is 4.98 Å². The summed E-state index contributed by atoms with van der Waals surface area (Å²) in [4.78, 5) is 3.67. The van der Waals surface area contributed by atoms with Gasteiger partial charge in [0.2, 0.25) is 0 Å². The number of hydrogen-bond donors (Lipinski definition) is 2. The summed E-state index contributed by atoms with van der Waals surface area (Å²) in [5.74, 6) is 0.316. The minimum Gasteiger partial charge on any atom is -0.505 e. The van der Waals surface area contributed by atoms with Gasteiger partial charge in [0, 0.05) is 0 Å². The van der Waals surface area contributed by atoms with Crippen LogP contribution < -0.4 is 5.73 Å². The van der Waals surface area contributed by atoms with Gasteiger partial charge in [-0.05, 0) is 18.6 Å². The molecule has 3 nitrogen and oxygen atoms in total. The number of aromatic hydroxyl groups is 1. The first-order valence-corrected chi connectivity index (χ1v) is 3.10. The minimum absolute atomic E-state index is 0.0339. The van der Waals surface area contributed by atoms with Crippen molar-refractivity contribution < 1.29 is 5.11 Å². The molecule has 0 saturated heterocycles. The zero-order valence-electron chi connectivity index (χ0n) is 5.43. The van der Waals surface area contributed by atoms with Crippen molar-refractivity contribution in [1.82, 2.24) is 4.98 Å². The highest BCUT2D eigenvalue weighted by Crippen LogP contribution is 2.23. The Morgan fingerprint density at radius 3 is 2.80 bits per heavy atom. The van der Waals surface area contributed by atoms with Gasteiger partial charge in [0.25, 0.3) is 0 Å². The highest BCUT2D eigenvalue weighted by molar-refractivity contribution is 6.30. The molecule has 0 unspecified atom stereocenters. The molecule has 3 N–H and O–H groups in total. The standard InChI is InChI=1S/C6H7ClN2O/c1-3-2-4(10)5(7)9-6(3)8/h2,10H,1H3,(H2,8,9). The van der Waals surface area contributed by atoms with Gasteiger partial charge < -0.3 is 10.8 Å². The number of nitrogens with two attached hydrogens (primary N) is 1. The van der Waals surface area contributed by atoms with Gasteiger partial charge in [-0.2, -0.15) is 0 Å². The summed E-state index contributed by atoms with van der Waals surface area (Å²) in [7, 11) is 0. The Balaban J connectivity index is 3.28. The van der Waals surface area contributed by atoms with Gasteiger partial charge in [0.15, 0.2) is 10.9 Å². The third-order valence-corrected chi connectivity index (χ3v) is 1.47. The van der Waals surface area contributed by atoms with Gasteiger partial charge in [-0.25, -0.2) is 4.98 Å². The van der Waals surface area contributed by atoms with Crippen LogP contribution in [0.5, 0.6) is 5.75 Å². The highest BCUT2D eigenvalue weighted by Gasteiger charge is 2.01. The predicted molar refractivity (Wildman–Crippen MR) is 40.1 cm³/mol. The Hall–Kier alpha value is -0.960. The fourth-order valence-electron chi connectivity index (χ4n) is 0.590. The Labute approximate surface area is 63.5 Å². The van der Waals surface area contributed by atoms with Crippen LogP contribution >= 0.6 is 11.6 Å². The fourth-order valence-corrected chi connectivity index (χ4v) is 0.735. The van der Waals surface area contributed by atoms with Crippen molar-refractivity contribution in [3.63, 3.8) is 0 Å². The summed E-state index contributed by atoms with van der Waals surface area (Å²) in [5.41, 5.74) is 6.11. The van der Waals surface area contributed by atoms with E-state index in [1.807, 2.05) is 0 Å². The lowest BCUT2D eigenvalue weighted by Gasteiger charge is -1.99. The number of aromatic nitrogens is 1. The first kappa shape index (κ1) is 7.15. The second-order valence-corrected chi connectivity index (χ2v) is 2.36. The van der Waals surface area contributed by atoms with Crippen molar-refractivity contribution in [2.45, 2.75) is 6.92 Å². The molecule has 0 aliphatic carbocycles. The number of aryl methyl sites for hydroxylation is 1. The van der Waals surface area contributed by atoms with Crippen LogP contribution in [0.15, 0.2) is 6.07 Å². The number of hydrogen-bond acceptors (Lipinski definition) is 3. The van der Waals surface area contributed by atoms with Gasteiger partial charge in [0.05, 0.1) is 0 Å². The fraction of sp³-hybridized carbons (Fsp3) is 0.167. The molecular weight excluding hydrogens is 152 g/mol. The molecule has 1 rings (SSSR count). The van der Waals surface area contributed by atoms with Crippen LogP contribution in [-0.4, -0.2) is 10.1 Å². The number of nitrogens with zero attached hydrogens (tertiary/aromatic N) is 1. The molecule has 0 aromatic carbocycles. The number of nitrogen functional groups attached to an aromatic ring is 1. The lowest BCUT2D eigenvalue weighted by atomic mass is 10.3. The average molecular weight is 159 g/mol. The Morgan fingerprint density at radius 2 is 2.30 bits per heavy atom. The van der Waals surface area contributed by atoms with Crippen LogP contribution in [0.3, 0.4) is 0 Å². The Morgan fingerprint density at radius 1 is 1.70 bits per heavy atom. The molecule has 4 heteroatoms. The molecule has 10 heavy (non-hydrogen) atoms. The van der Waals surface area contributed by atoms with E-state index >= 15 is 0 Å². The summed E-state index contributed by atoms with van der Waals surface area (Å²) in [6.07, 6.45) is 0. The molecule has 0 bridgehead atoms. The van der Waals surface area contributed by atoms with Crippen LogP contribution in [0.25, 0.3) is 0 Å². The third-order valence-electron chi connectivity index (χ3n) is 1.19. The van der Waals surface area contributed by atoms with E-state index in [-0.39, 0.29) is 10.9 Å². The quantitative estimate of drug-likeness (QED) is 0.560. The second-order valence-electron chi connectivity index (χ2n) is 2.00. The van der Waals surface area contributed by atoms with Gasteiger partial charge >= 0.3 is 0 Å². The number of pyridine rings is 1. The van der Waals surface area contributed by atoms with Crippen LogP contribution in [0, 0.1) is 6.92 Å². The Bertz CT molecular complexity index is 212. The van der Waals surface area contributed by atoms with E-state index in [1.165, 1.54) is 6.07 Å². The zero-order valence-corrected chi connectivity index (χ0v) is 6.18. The summed E-state index contributed by atoms with van der Waals surface area (Å²) < 4.78 is 0. The SMILES string of the molecule is Cc1cc(O)c(Cl)nc1N. The molecule has 1 heterocycles. The van der Waals surface area contributed by atoms with Crippen LogP contribution in [-0.2, 0) is 0 Å². The van der Waals surface area contributed by atoms with E-state index in [4.69, 9.17) is 22.4 Å². The summed E-state index contributed by atoms with van der Waals surface area (Å²) in [5, 5.41) is 9.02. The molecule has 0 aliphatic heterocycles. The van der Waals surface area contributed by atoms with Crippen LogP contribution in [0.1, 0.15) is 5.56 Å². The molecular formula is C6H7ClN2O. The average Bonchev–Trinajstić information content (AvgIpc) is 1.84. The van der Waals surface area contributed by atoms with Crippen LogP contribution in [0.4, 0.5) is 5.82 Å². The topological polar surface area (TPSA) is 59.1 Å². The van der Waals surface area contributed by atoms with Crippen molar-refractivity contribution >= 4 is 17.4 Å². The molecule has 1 aromatic rings. The van der Waals surface area contributed by atoms with E-state index in [1.54, 1.807) is 6.92 Å². The highest BCUT2D eigenvalue weighted by atomic mass is 35.5. The van der Waals surface area contributed by atoms with Crippen molar-refractivity contribution in [1.29, 1.82) is 0 Å². The van der Waals surface area contributed by atoms with E-state index in [0.717, 1.165) is 5.56 Å².